The lowest BCUT2D eigenvalue weighted by molar-refractivity contribution is 0.0538. The van der Waals surface area contributed by atoms with E-state index >= 15 is 0 Å². The van der Waals surface area contributed by atoms with Crippen LogP contribution in [-0.4, -0.2) is 51.7 Å². The number of nitrogens with zero attached hydrogens (tertiary/aromatic N) is 3. The molecule has 10 heteroatoms. The number of aryl methyl sites for hydroxylation is 2. The first-order valence-corrected chi connectivity index (χ1v) is 12.0. The van der Waals surface area contributed by atoms with Crippen molar-refractivity contribution in [2.75, 3.05) is 25.3 Å². The van der Waals surface area contributed by atoms with Crippen molar-refractivity contribution in [3.05, 3.63) is 24.0 Å². The van der Waals surface area contributed by atoms with Gasteiger partial charge >= 0.3 is 6.09 Å². The van der Waals surface area contributed by atoms with Crippen molar-refractivity contribution in [3.8, 4) is 23.1 Å². The number of benzene rings is 1. The number of alkyl carbamates (subject to hydrolysis) is 1. The number of hydrogen-bond acceptors (Lipinski definition) is 8. The van der Waals surface area contributed by atoms with Gasteiger partial charge in [0.05, 0.1) is 25.1 Å². The highest BCUT2D eigenvalue weighted by molar-refractivity contribution is 7.99. The van der Waals surface area contributed by atoms with Crippen LogP contribution >= 0.6 is 11.8 Å². The smallest absolute Gasteiger partial charge is 0.408 e. The molecule has 0 aliphatic rings. The number of hydrogen-bond donors (Lipinski definition) is 1. The minimum Gasteiger partial charge on any atom is -0.495 e. The summed E-state index contributed by atoms with van der Waals surface area (Å²) in [6.45, 7) is 7.91. The van der Waals surface area contributed by atoms with Crippen molar-refractivity contribution >= 4 is 28.8 Å². The number of unbranched alkanes of at least 4 members (excludes halogenated alkanes) is 1. The van der Waals surface area contributed by atoms with E-state index in [2.05, 4.69) is 15.5 Å². The summed E-state index contributed by atoms with van der Waals surface area (Å²) in [6, 6.07) is 5.81. The molecule has 0 saturated carbocycles. The number of thioether (sulfide) groups is 1. The Bertz CT molecular complexity index is 1090. The maximum absolute atomic E-state index is 11.6. The summed E-state index contributed by atoms with van der Waals surface area (Å²) in [5, 5.41) is 7.57. The Hall–Kier alpha value is -2.88. The first-order chi connectivity index (χ1) is 15.7. The van der Waals surface area contributed by atoms with Crippen LogP contribution in [0, 0.1) is 6.92 Å². The highest BCUT2D eigenvalue weighted by Crippen LogP contribution is 2.38. The minimum absolute atomic E-state index is 0.389. The van der Waals surface area contributed by atoms with E-state index in [4.69, 9.17) is 18.7 Å². The fraction of sp³-hybridized carbons (Fsp3) is 0.522. The predicted molar refractivity (Wildman–Crippen MR) is 129 cm³/mol. The third-order valence-corrected chi connectivity index (χ3v) is 5.67. The average Bonchev–Trinajstić information content (AvgIpc) is 3.32. The van der Waals surface area contributed by atoms with Gasteiger partial charge in [0.2, 0.25) is 0 Å². The molecule has 33 heavy (non-hydrogen) atoms. The number of carbonyl (C=O) groups excluding carboxylic acids is 1. The van der Waals surface area contributed by atoms with Crippen LogP contribution in [0.4, 0.5) is 4.79 Å². The summed E-state index contributed by atoms with van der Waals surface area (Å²) in [5.41, 5.74) is 1.22. The normalized spacial score (nSPS) is 11.6. The van der Waals surface area contributed by atoms with Gasteiger partial charge in [-0.3, -0.25) is 0 Å². The van der Waals surface area contributed by atoms with E-state index < -0.39 is 5.60 Å². The molecule has 0 aliphatic carbocycles. The number of carbonyl (C=O) groups is 1. The second-order valence-corrected chi connectivity index (χ2v) is 9.66. The Balaban J connectivity index is 1.52. The third-order valence-electron chi connectivity index (χ3n) is 4.74. The molecule has 3 aromatic rings. The van der Waals surface area contributed by atoms with Crippen LogP contribution in [0.3, 0.4) is 0 Å². The molecule has 0 fully saturated rings. The Kier molecular flexibility index (Phi) is 8.12. The molecule has 180 valence electrons. The Morgan fingerprint density at radius 1 is 1.24 bits per heavy atom. The first-order valence-electron chi connectivity index (χ1n) is 10.8. The van der Waals surface area contributed by atoms with Crippen LogP contribution < -0.4 is 14.8 Å². The van der Waals surface area contributed by atoms with Crippen molar-refractivity contribution in [2.24, 2.45) is 7.05 Å². The number of ether oxygens (including phenoxy) is 3. The highest BCUT2D eigenvalue weighted by atomic mass is 32.2. The highest BCUT2D eigenvalue weighted by Gasteiger charge is 2.19. The molecule has 0 radical (unpaired) electrons. The lowest BCUT2D eigenvalue weighted by Gasteiger charge is -2.19. The summed E-state index contributed by atoms with van der Waals surface area (Å²) in [7, 11) is 3.58. The van der Waals surface area contributed by atoms with Gasteiger partial charge in [0.15, 0.2) is 5.82 Å². The average molecular weight is 477 g/mol. The number of amides is 1. The molecule has 0 spiro atoms. The van der Waals surface area contributed by atoms with Crippen LogP contribution in [0.2, 0.25) is 0 Å². The maximum Gasteiger partial charge on any atom is 0.408 e. The lowest BCUT2D eigenvalue weighted by Crippen LogP contribution is -2.32. The van der Waals surface area contributed by atoms with Gasteiger partial charge in [-0.05, 0) is 64.5 Å². The zero-order valence-corrected chi connectivity index (χ0v) is 20.9. The van der Waals surface area contributed by atoms with Crippen molar-refractivity contribution in [1.82, 2.24) is 20.0 Å². The first kappa shape index (κ1) is 24.8. The monoisotopic (exact) mass is 476 g/mol. The van der Waals surface area contributed by atoms with Crippen LogP contribution in [-0.2, 0) is 11.8 Å². The molecule has 0 saturated heterocycles. The van der Waals surface area contributed by atoms with Crippen LogP contribution in [0.25, 0.3) is 22.5 Å². The molecule has 0 bridgehead atoms. The van der Waals surface area contributed by atoms with E-state index in [0.717, 1.165) is 46.7 Å². The van der Waals surface area contributed by atoms with Gasteiger partial charge in [-0.15, -0.1) is 11.8 Å². The van der Waals surface area contributed by atoms with Gasteiger partial charge in [0.1, 0.15) is 22.8 Å². The van der Waals surface area contributed by atoms with Gasteiger partial charge in [-0.25, -0.2) is 4.79 Å². The molecule has 1 N–H and O–H groups in total. The molecular weight excluding hydrogens is 444 g/mol. The Morgan fingerprint density at radius 2 is 2.00 bits per heavy atom. The largest absolute Gasteiger partial charge is 0.495 e. The van der Waals surface area contributed by atoms with Gasteiger partial charge < -0.3 is 28.6 Å². The zero-order chi connectivity index (χ0) is 24.0. The molecule has 2 heterocycles. The Labute approximate surface area is 198 Å². The molecular formula is C23H32N4O5S. The predicted octanol–water partition coefficient (Wildman–Crippen LogP) is 4.92. The summed E-state index contributed by atoms with van der Waals surface area (Å²) in [6.07, 6.45) is 1.48. The van der Waals surface area contributed by atoms with Gasteiger partial charge in [0, 0.05) is 12.4 Å². The van der Waals surface area contributed by atoms with Gasteiger partial charge in [-0.2, -0.15) is 4.98 Å². The van der Waals surface area contributed by atoms with Gasteiger partial charge in [0.25, 0.3) is 5.89 Å². The fourth-order valence-corrected chi connectivity index (χ4v) is 4.06. The van der Waals surface area contributed by atoms with Gasteiger partial charge in [-0.1, -0.05) is 5.16 Å². The third kappa shape index (κ3) is 6.56. The summed E-state index contributed by atoms with van der Waals surface area (Å²) < 4.78 is 24.2. The number of fused-ring (bicyclic) bond motifs is 1. The number of aromatic nitrogens is 3. The van der Waals surface area contributed by atoms with E-state index in [1.54, 1.807) is 25.8 Å². The number of rotatable bonds is 10. The van der Waals surface area contributed by atoms with E-state index in [1.165, 1.54) is 0 Å². The second kappa shape index (κ2) is 10.8. The molecule has 0 aliphatic heterocycles. The van der Waals surface area contributed by atoms with Crippen molar-refractivity contribution in [3.63, 3.8) is 0 Å². The molecule has 0 atom stereocenters. The fourth-order valence-electron chi connectivity index (χ4n) is 3.29. The second-order valence-electron chi connectivity index (χ2n) is 8.55. The van der Waals surface area contributed by atoms with Crippen molar-refractivity contribution < 1.29 is 23.5 Å². The molecule has 2 aromatic heterocycles. The quantitative estimate of drug-likeness (QED) is 0.325. The zero-order valence-electron chi connectivity index (χ0n) is 20.1. The summed E-state index contributed by atoms with van der Waals surface area (Å²) in [5.74, 6) is 4.01. The topological polar surface area (TPSA) is 101 Å². The standard InChI is InChI=1S/C23H32N4O5S/c1-15-25-21(32-26-15)17-13-16-18(9-10-19(29-6)20(16)27(17)5)30-11-7-8-12-33-14-24-22(28)31-23(2,3)4/h9-10,13H,7-8,11-12,14H2,1-6H3,(H,24,28). The maximum atomic E-state index is 11.6. The SMILES string of the molecule is COc1ccc(OCCCCSCNC(=O)OC(C)(C)C)c2cc(-c3nc(C)no3)n(C)c12. The van der Waals surface area contributed by atoms with E-state index in [9.17, 15) is 4.79 Å². The van der Waals surface area contributed by atoms with E-state index in [1.807, 2.05) is 50.6 Å². The minimum atomic E-state index is -0.483. The number of methoxy groups -OCH3 is 1. The van der Waals surface area contributed by atoms with Crippen molar-refractivity contribution in [2.45, 2.75) is 46.1 Å². The molecule has 3 rings (SSSR count). The van der Waals surface area contributed by atoms with E-state index in [0.29, 0.717) is 24.2 Å². The molecule has 9 nitrogen and oxygen atoms in total. The number of nitrogens with one attached hydrogen (secondary N) is 1. The molecule has 1 aromatic carbocycles. The van der Waals surface area contributed by atoms with Crippen LogP contribution in [0.5, 0.6) is 11.5 Å². The summed E-state index contributed by atoms with van der Waals surface area (Å²) >= 11 is 1.66. The molecule has 1 amide bonds. The summed E-state index contributed by atoms with van der Waals surface area (Å²) in [4.78, 5) is 16.0. The van der Waals surface area contributed by atoms with Crippen LogP contribution in [0.1, 0.15) is 39.4 Å². The molecule has 0 unspecified atom stereocenters. The van der Waals surface area contributed by atoms with Crippen molar-refractivity contribution in [1.29, 1.82) is 0 Å². The van der Waals surface area contributed by atoms with E-state index in [-0.39, 0.29) is 6.09 Å². The van der Waals surface area contributed by atoms with Crippen LogP contribution in [0.15, 0.2) is 22.7 Å². The Morgan fingerprint density at radius 3 is 2.67 bits per heavy atom. The lowest BCUT2D eigenvalue weighted by atomic mass is 10.2.